The minimum atomic E-state index is 0. The summed E-state index contributed by atoms with van der Waals surface area (Å²) >= 11 is 0. The van der Waals surface area contributed by atoms with E-state index in [1.807, 2.05) is 24.4 Å². The standard InChI is InChI=1S/C12H8N2.Ti/c1-3-9-5-6-11-10(4-2-7-13-11)12(9)14-8-1;/h1-8H;. The molecular weight excluding hydrogens is 220 g/mol. The van der Waals surface area contributed by atoms with Gasteiger partial charge in [0, 0.05) is 44.9 Å². The maximum absolute atomic E-state index is 4.37. The first-order chi connectivity index (χ1) is 6.95. The van der Waals surface area contributed by atoms with E-state index in [1.165, 1.54) is 0 Å². The molecule has 0 bridgehead atoms. The van der Waals surface area contributed by atoms with Gasteiger partial charge in [0.25, 0.3) is 0 Å². The molecule has 15 heavy (non-hydrogen) atoms. The van der Waals surface area contributed by atoms with Gasteiger partial charge in [-0.15, -0.1) is 0 Å². The van der Waals surface area contributed by atoms with Crippen molar-refractivity contribution in [1.29, 1.82) is 0 Å². The molecule has 0 atom stereocenters. The Hall–Kier alpha value is -1.25. The topological polar surface area (TPSA) is 25.8 Å². The van der Waals surface area contributed by atoms with E-state index in [0.29, 0.717) is 0 Å². The summed E-state index contributed by atoms with van der Waals surface area (Å²) in [6.07, 6.45) is 3.62. The number of rotatable bonds is 0. The molecule has 70 valence electrons. The summed E-state index contributed by atoms with van der Waals surface area (Å²) in [6, 6.07) is 12.1. The number of aromatic nitrogens is 2. The Morgan fingerprint density at radius 2 is 1.60 bits per heavy atom. The van der Waals surface area contributed by atoms with Crippen molar-refractivity contribution in [2.75, 3.05) is 0 Å². The summed E-state index contributed by atoms with van der Waals surface area (Å²) in [5.74, 6) is 0. The largest absolute Gasteiger partial charge is 0.256 e. The Labute approximate surface area is 102 Å². The number of benzene rings is 1. The molecule has 2 nitrogen and oxygen atoms in total. The first-order valence-electron chi connectivity index (χ1n) is 4.53. The molecule has 0 aliphatic carbocycles. The van der Waals surface area contributed by atoms with Crippen molar-refractivity contribution in [2.24, 2.45) is 0 Å². The van der Waals surface area contributed by atoms with Crippen LogP contribution in [-0.2, 0) is 21.7 Å². The van der Waals surface area contributed by atoms with E-state index in [9.17, 15) is 0 Å². The number of pyridine rings is 2. The first kappa shape index (κ1) is 10.3. The van der Waals surface area contributed by atoms with Gasteiger partial charge >= 0.3 is 0 Å². The monoisotopic (exact) mass is 228 g/mol. The molecule has 0 amide bonds. The zero-order valence-corrected chi connectivity index (χ0v) is 9.57. The number of fused-ring (bicyclic) bond motifs is 3. The Morgan fingerprint density at radius 1 is 0.800 bits per heavy atom. The molecule has 0 unspecified atom stereocenters. The number of hydrogen-bond acceptors (Lipinski definition) is 2. The molecule has 0 saturated heterocycles. The molecule has 0 spiro atoms. The molecule has 0 aliphatic heterocycles. The van der Waals surface area contributed by atoms with Crippen molar-refractivity contribution in [3.05, 3.63) is 48.8 Å². The second-order valence-electron chi connectivity index (χ2n) is 3.21. The van der Waals surface area contributed by atoms with Crippen molar-refractivity contribution in [1.82, 2.24) is 9.97 Å². The normalized spacial score (nSPS) is 10.1. The van der Waals surface area contributed by atoms with Crippen LogP contribution in [0.25, 0.3) is 21.8 Å². The van der Waals surface area contributed by atoms with Gasteiger partial charge in [-0.3, -0.25) is 9.97 Å². The molecule has 2 aromatic heterocycles. The van der Waals surface area contributed by atoms with Gasteiger partial charge in [0.15, 0.2) is 0 Å². The van der Waals surface area contributed by atoms with Crippen LogP contribution in [0.4, 0.5) is 0 Å². The van der Waals surface area contributed by atoms with Crippen LogP contribution >= 0.6 is 0 Å². The van der Waals surface area contributed by atoms with Crippen LogP contribution in [0.1, 0.15) is 0 Å². The average molecular weight is 228 g/mol. The molecule has 3 heteroatoms. The van der Waals surface area contributed by atoms with Crippen LogP contribution in [0.5, 0.6) is 0 Å². The van der Waals surface area contributed by atoms with Crippen molar-refractivity contribution >= 4 is 21.8 Å². The summed E-state index contributed by atoms with van der Waals surface area (Å²) in [6.45, 7) is 0. The van der Waals surface area contributed by atoms with Crippen LogP contribution < -0.4 is 0 Å². The Morgan fingerprint density at radius 3 is 2.53 bits per heavy atom. The zero-order chi connectivity index (χ0) is 9.38. The van der Waals surface area contributed by atoms with E-state index in [1.54, 1.807) is 6.20 Å². The van der Waals surface area contributed by atoms with E-state index in [-0.39, 0.29) is 21.7 Å². The maximum atomic E-state index is 4.37. The SMILES string of the molecule is [Ti].c1cnc2c(c1)ccc1ncccc12. The number of nitrogens with zero attached hydrogens (tertiary/aromatic N) is 2. The van der Waals surface area contributed by atoms with Gasteiger partial charge in [0.05, 0.1) is 11.0 Å². The summed E-state index contributed by atoms with van der Waals surface area (Å²) in [5.41, 5.74) is 2.02. The molecule has 0 radical (unpaired) electrons. The van der Waals surface area contributed by atoms with Crippen LogP contribution in [-0.4, -0.2) is 9.97 Å². The third-order valence-electron chi connectivity index (χ3n) is 2.35. The maximum Gasteiger partial charge on any atom is 0.0795 e. The fraction of sp³-hybridized carbons (Fsp3) is 0. The Balaban J connectivity index is 0.000000853. The summed E-state index contributed by atoms with van der Waals surface area (Å²) in [4.78, 5) is 8.66. The van der Waals surface area contributed by atoms with Crippen molar-refractivity contribution < 1.29 is 21.7 Å². The average Bonchev–Trinajstić information content (AvgIpc) is 2.29. The third kappa shape index (κ3) is 1.67. The minimum Gasteiger partial charge on any atom is -0.256 e. The first-order valence-corrected chi connectivity index (χ1v) is 4.53. The van der Waals surface area contributed by atoms with Crippen LogP contribution in [0.2, 0.25) is 0 Å². The van der Waals surface area contributed by atoms with Crippen molar-refractivity contribution in [3.8, 4) is 0 Å². The smallest absolute Gasteiger partial charge is 0.0795 e. The predicted octanol–water partition coefficient (Wildman–Crippen LogP) is 2.78. The fourth-order valence-corrected chi connectivity index (χ4v) is 1.70. The van der Waals surface area contributed by atoms with Gasteiger partial charge in [0.1, 0.15) is 0 Å². The van der Waals surface area contributed by atoms with E-state index >= 15 is 0 Å². The molecule has 0 aliphatic rings. The predicted molar refractivity (Wildman–Crippen MR) is 57.0 cm³/mol. The molecular formula is C12H8N2Ti. The molecule has 2 heterocycles. The second kappa shape index (κ2) is 4.09. The second-order valence-corrected chi connectivity index (χ2v) is 3.21. The third-order valence-corrected chi connectivity index (χ3v) is 2.35. The van der Waals surface area contributed by atoms with E-state index in [0.717, 1.165) is 21.8 Å². The van der Waals surface area contributed by atoms with Crippen LogP contribution in [0.15, 0.2) is 48.8 Å². The fourth-order valence-electron chi connectivity index (χ4n) is 1.70. The Kier molecular flexibility index (Phi) is 2.80. The van der Waals surface area contributed by atoms with Crippen molar-refractivity contribution in [3.63, 3.8) is 0 Å². The van der Waals surface area contributed by atoms with Crippen LogP contribution in [0, 0.1) is 0 Å². The van der Waals surface area contributed by atoms with Gasteiger partial charge in [-0.05, 0) is 24.3 Å². The van der Waals surface area contributed by atoms with Gasteiger partial charge in [-0.2, -0.15) is 0 Å². The quantitative estimate of drug-likeness (QED) is 0.436. The summed E-state index contributed by atoms with van der Waals surface area (Å²) < 4.78 is 0. The van der Waals surface area contributed by atoms with E-state index < -0.39 is 0 Å². The molecule has 3 aromatic rings. The molecule has 0 N–H and O–H groups in total. The van der Waals surface area contributed by atoms with Gasteiger partial charge < -0.3 is 0 Å². The summed E-state index contributed by atoms with van der Waals surface area (Å²) in [5, 5.41) is 2.28. The Bertz CT molecular complexity index is 553. The molecule has 0 fully saturated rings. The van der Waals surface area contributed by atoms with Crippen LogP contribution in [0.3, 0.4) is 0 Å². The van der Waals surface area contributed by atoms with E-state index in [2.05, 4.69) is 28.2 Å². The van der Waals surface area contributed by atoms with Gasteiger partial charge in [0.2, 0.25) is 0 Å². The number of hydrogen-bond donors (Lipinski definition) is 0. The molecule has 1 aromatic carbocycles. The summed E-state index contributed by atoms with van der Waals surface area (Å²) in [7, 11) is 0. The molecule has 3 rings (SSSR count). The van der Waals surface area contributed by atoms with Crippen molar-refractivity contribution in [2.45, 2.75) is 0 Å². The minimum absolute atomic E-state index is 0. The zero-order valence-electron chi connectivity index (χ0n) is 8.01. The van der Waals surface area contributed by atoms with E-state index in [4.69, 9.17) is 0 Å². The molecule has 0 saturated carbocycles. The van der Waals surface area contributed by atoms with Gasteiger partial charge in [-0.25, -0.2) is 0 Å². The van der Waals surface area contributed by atoms with Gasteiger partial charge in [-0.1, -0.05) is 12.1 Å².